The molecular weight excluding hydrogens is 232 g/mol. The number of aromatic hydroxyl groups is 3. The van der Waals surface area contributed by atoms with E-state index in [4.69, 9.17) is 0 Å². The summed E-state index contributed by atoms with van der Waals surface area (Å²) in [6.45, 7) is 0. The van der Waals surface area contributed by atoms with E-state index < -0.39 is 6.10 Å². The lowest BCUT2D eigenvalue weighted by Gasteiger charge is -2.25. The van der Waals surface area contributed by atoms with Gasteiger partial charge in [0.05, 0.1) is 6.10 Å². The van der Waals surface area contributed by atoms with Gasteiger partial charge in [-0.3, -0.25) is 0 Å². The van der Waals surface area contributed by atoms with Gasteiger partial charge in [-0.05, 0) is 23.3 Å². The molecule has 2 aromatic carbocycles. The predicted octanol–water partition coefficient (Wildman–Crippen LogP) is 2.06. The molecule has 3 rings (SSSR count). The smallest absolute Gasteiger partial charge is 0.127 e. The number of phenols is 3. The van der Waals surface area contributed by atoms with E-state index in [0.717, 1.165) is 0 Å². The zero-order valence-electron chi connectivity index (χ0n) is 9.46. The van der Waals surface area contributed by atoms with E-state index in [9.17, 15) is 20.4 Å². The van der Waals surface area contributed by atoms with Crippen molar-refractivity contribution in [3.8, 4) is 28.4 Å². The molecule has 0 amide bonds. The fourth-order valence-electron chi connectivity index (χ4n) is 2.54. The van der Waals surface area contributed by atoms with Crippen molar-refractivity contribution in [1.29, 1.82) is 0 Å². The summed E-state index contributed by atoms with van der Waals surface area (Å²) >= 11 is 0. The maximum absolute atomic E-state index is 10.0. The summed E-state index contributed by atoms with van der Waals surface area (Å²) in [5, 5.41) is 39.4. The first kappa shape index (κ1) is 10.9. The van der Waals surface area contributed by atoms with Gasteiger partial charge in [-0.1, -0.05) is 12.1 Å². The lowest BCUT2D eigenvalue weighted by Crippen LogP contribution is -2.10. The van der Waals surface area contributed by atoms with Crippen LogP contribution in [0.3, 0.4) is 0 Å². The first-order valence-electron chi connectivity index (χ1n) is 5.63. The Labute approximate surface area is 103 Å². The van der Waals surface area contributed by atoms with Crippen LogP contribution in [0.2, 0.25) is 0 Å². The largest absolute Gasteiger partial charge is 0.508 e. The van der Waals surface area contributed by atoms with E-state index in [2.05, 4.69) is 0 Å². The molecule has 18 heavy (non-hydrogen) atoms. The van der Waals surface area contributed by atoms with Crippen LogP contribution < -0.4 is 0 Å². The maximum atomic E-state index is 10.0. The molecule has 4 heteroatoms. The second kappa shape index (κ2) is 3.65. The zero-order valence-corrected chi connectivity index (χ0v) is 9.46. The standard InChI is InChI=1S/C14H12O4/c15-8-4-7-5-11(17)9-2-1-3-10(16)14(9)13(7)12(18)6-8/h1-4,6,11,15-18H,5H2/t11-/m0/s1. The van der Waals surface area contributed by atoms with Crippen molar-refractivity contribution >= 4 is 0 Å². The molecule has 1 atom stereocenters. The highest BCUT2D eigenvalue weighted by molar-refractivity contribution is 5.83. The number of phenolic OH excluding ortho intramolecular Hbond substituents is 3. The van der Waals surface area contributed by atoms with E-state index in [0.29, 0.717) is 28.7 Å². The predicted molar refractivity (Wildman–Crippen MR) is 65.5 cm³/mol. The zero-order chi connectivity index (χ0) is 12.9. The van der Waals surface area contributed by atoms with Crippen LogP contribution in [0.15, 0.2) is 30.3 Å². The summed E-state index contributed by atoms with van der Waals surface area (Å²) in [6, 6.07) is 7.60. The van der Waals surface area contributed by atoms with Crippen molar-refractivity contribution in [2.45, 2.75) is 12.5 Å². The minimum absolute atomic E-state index is 0.00786. The third kappa shape index (κ3) is 1.43. The van der Waals surface area contributed by atoms with Gasteiger partial charge in [0.15, 0.2) is 0 Å². The lowest BCUT2D eigenvalue weighted by atomic mass is 9.82. The van der Waals surface area contributed by atoms with Crippen LogP contribution in [0.4, 0.5) is 0 Å². The van der Waals surface area contributed by atoms with Crippen LogP contribution in [0.25, 0.3) is 11.1 Å². The number of rotatable bonds is 0. The Morgan fingerprint density at radius 3 is 2.50 bits per heavy atom. The molecule has 2 aromatic rings. The van der Waals surface area contributed by atoms with Crippen LogP contribution in [0.1, 0.15) is 17.2 Å². The van der Waals surface area contributed by atoms with E-state index >= 15 is 0 Å². The Morgan fingerprint density at radius 2 is 1.72 bits per heavy atom. The molecule has 0 spiro atoms. The fraction of sp³-hybridized carbons (Fsp3) is 0.143. The quantitative estimate of drug-likeness (QED) is 0.572. The van der Waals surface area contributed by atoms with E-state index in [1.54, 1.807) is 12.1 Å². The third-order valence-corrected chi connectivity index (χ3v) is 3.28. The SMILES string of the molecule is Oc1cc(O)c2c(c1)C[C@H](O)c1cccc(O)c1-2. The Hall–Kier alpha value is -2.20. The monoisotopic (exact) mass is 244 g/mol. The first-order valence-corrected chi connectivity index (χ1v) is 5.63. The minimum Gasteiger partial charge on any atom is -0.508 e. The van der Waals surface area contributed by atoms with E-state index in [1.165, 1.54) is 18.2 Å². The normalized spacial score (nSPS) is 17.1. The van der Waals surface area contributed by atoms with E-state index in [1.807, 2.05) is 0 Å². The summed E-state index contributed by atoms with van der Waals surface area (Å²) in [5.41, 5.74) is 2.12. The molecule has 4 N–H and O–H groups in total. The van der Waals surface area contributed by atoms with Crippen LogP contribution >= 0.6 is 0 Å². The first-order chi connectivity index (χ1) is 8.58. The van der Waals surface area contributed by atoms with Crippen molar-refractivity contribution in [1.82, 2.24) is 0 Å². The van der Waals surface area contributed by atoms with Crippen molar-refractivity contribution in [2.24, 2.45) is 0 Å². The molecule has 4 nitrogen and oxygen atoms in total. The Kier molecular flexibility index (Phi) is 2.21. The number of aliphatic hydroxyl groups is 1. The summed E-state index contributed by atoms with van der Waals surface area (Å²) in [7, 11) is 0. The summed E-state index contributed by atoms with van der Waals surface area (Å²) in [5.74, 6) is -0.148. The molecule has 0 unspecified atom stereocenters. The molecule has 92 valence electrons. The van der Waals surface area contributed by atoms with Crippen molar-refractivity contribution in [2.75, 3.05) is 0 Å². The average Bonchev–Trinajstić information content (AvgIpc) is 2.29. The van der Waals surface area contributed by atoms with Crippen LogP contribution in [0.5, 0.6) is 17.2 Å². The lowest BCUT2D eigenvalue weighted by molar-refractivity contribution is 0.176. The molecule has 0 aromatic heterocycles. The van der Waals surface area contributed by atoms with Gasteiger partial charge in [0.2, 0.25) is 0 Å². The molecule has 1 aliphatic rings. The van der Waals surface area contributed by atoms with Gasteiger partial charge in [-0.25, -0.2) is 0 Å². The van der Waals surface area contributed by atoms with Crippen molar-refractivity contribution < 1.29 is 20.4 Å². The highest BCUT2D eigenvalue weighted by Gasteiger charge is 2.28. The number of benzene rings is 2. The van der Waals surface area contributed by atoms with Gasteiger partial charge in [-0.2, -0.15) is 0 Å². The minimum atomic E-state index is -0.749. The molecule has 0 heterocycles. The number of hydrogen-bond acceptors (Lipinski definition) is 4. The van der Waals surface area contributed by atoms with Crippen molar-refractivity contribution in [3.05, 3.63) is 41.5 Å². The second-order valence-corrected chi connectivity index (χ2v) is 4.46. The molecule has 0 saturated carbocycles. The van der Waals surface area contributed by atoms with Gasteiger partial charge in [-0.15, -0.1) is 0 Å². The molecule has 1 aliphatic carbocycles. The average molecular weight is 244 g/mol. The molecule has 0 saturated heterocycles. The Morgan fingerprint density at radius 1 is 0.944 bits per heavy atom. The van der Waals surface area contributed by atoms with Crippen molar-refractivity contribution in [3.63, 3.8) is 0 Å². The Bertz CT molecular complexity index is 634. The molecular formula is C14H12O4. The van der Waals surface area contributed by atoms with Crippen LogP contribution in [-0.2, 0) is 6.42 Å². The van der Waals surface area contributed by atoms with Crippen LogP contribution in [0, 0.1) is 0 Å². The fourth-order valence-corrected chi connectivity index (χ4v) is 2.54. The summed E-state index contributed by atoms with van der Waals surface area (Å²) < 4.78 is 0. The van der Waals surface area contributed by atoms with Gasteiger partial charge in [0.25, 0.3) is 0 Å². The third-order valence-electron chi connectivity index (χ3n) is 3.28. The number of aliphatic hydroxyl groups excluding tert-OH is 1. The summed E-state index contributed by atoms with van der Waals surface area (Å²) in [4.78, 5) is 0. The molecule has 0 bridgehead atoms. The summed E-state index contributed by atoms with van der Waals surface area (Å²) in [6.07, 6.45) is -0.450. The second-order valence-electron chi connectivity index (χ2n) is 4.46. The van der Waals surface area contributed by atoms with Crippen LogP contribution in [-0.4, -0.2) is 20.4 Å². The van der Waals surface area contributed by atoms with Gasteiger partial charge >= 0.3 is 0 Å². The molecule has 0 aliphatic heterocycles. The highest BCUT2D eigenvalue weighted by atomic mass is 16.3. The highest BCUT2D eigenvalue weighted by Crippen LogP contribution is 2.48. The Balaban J connectivity index is 2.38. The van der Waals surface area contributed by atoms with Gasteiger partial charge in [0.1, 0.15) is 17.2 Å². The number of hydrogen-bond donors (Lipinski definition) is 4. The maximum Gasteiger partial charge on any atom is 0.127 e. The van der Waals surface area contributed by atoms with E-state index in [-0.39, 0.29) is 17.2 Å². The number of fused-ring (bicyclic) bond motifs is 3. The molecule has 0 fully saturated rings. The molecule has 0 radical (unpaired) electrons. The van der Waals surface area contributed by atoms with Gasteiger partial charge < -0.3 is 20.4 Å². The van der Waals surface area contributed by atoms with Gasteiger partial charge in [0, 0.05) is 23.6 Å². The topological polar surface area (TPSA) is 80.9 Å².